The molecule has 0 saturated carbocycles. The number of hydrogen-bond donors (Lipinski definition) is 1. The molecule has 1 aromatic carbocycles. The first kappa shape index (κ1) is 20.1. The fourth-order valence-corrected chi connectivity index (χ4v) is 4.38. The van der Waals surface area contributed by atoms with Gasteiger partial charge in [-0.2, -0.15) is 0 Å². The average Bonchev–Trinajstić information content (AvgIpc) is 3.36. The van der Waals surface area contributed by atoms with E-state index in [1.54, 1.807) is 36.7 Å². The van der Waals surface area contributed by atoms with E-state index in [1.807, 2.05) is 17.5 Å². The van der Waals surface area contributed by atoms with E-state index in [-0.39, 0.29) is 23.4 Å². The maximum Gasteiger partial charge on any atom is 0.295 e. The number of hydrogen-bond acceptors (Lipinski definition) is 6. The number of thiophene rings is 1. The van der Waals surface area contributed by atoms with E-state index in [0.717, 1.165) is 4.88 Å². The molecule has 1 saturated heterocycles. The average molecular weight is 441 g/mol. The van der Waals surface area contributed by atoms with Crippen LogP contribution in [0.4, 0.5) is 0 Å². The number of amides is 1. The van der Waals surface area contributed by atoms with Crippen molar-refractivity contribution < 1.29 is 19.4 Å². The molecule has 1 aliphatic heterocycles. The van der Waals surface area contributed by atoms with Gasteiger partial charge in [0.05, 0.1) is 30.8 Å². The Balaban J connectivity index is 1.90. The third-order valence-corrected chi connectivity index (χ3v) is 5.96. The maximum absolute atomic E-state index is 13.0. The zero-order valence-electron chi connectivity index (χ0n) is 15.9. The number of benzene rings is 1. The number of aliphatic hydroxyl groups excluding tert-OH is 1. The summed E-state index contributed by atoms with van der Waals surface area (Å²) in [5.74, 6) is -1.44. The van der Waals surface area contributed by atoms with E-state index in [9.17, 15) is 14.7 Å². The Labute approximate surface area is 182 Å². The van der Waals surface area contributed by atoms with E-state index < -0.39 is 17.7 Å². The van der Waals surface area contributed by atoms with Crippen LogP contribution < -0.4 is 4.74 Å². The van der Waals surface area contributed by atoms with Gasteiger partial charge in [-0.25, -0.2) is 0 Å². The highest BCUT2D eigenvalue weighted by atomic mass is 35.5. The Kier molecular flexibility index (Phi) is 5.57. The minimum Gasteiger partial charge on any atom is -0.507 e. The Hall–Kier alpha value is -3.16. The number of aliphatic hydroxyl groups is 1. The highest BCUT2D eigenvalue weighted by Crippen LogP contribution is 2.42. The van der Waals surface area contributed by atoms with Gasteiger partial charge in [-0.3, -0.25) is 14.6 Å². The van der Waals surface area contributed by atoms with Crippen molar-refractivity contribution in [2.75, 3.05) is 7.11 Å². The molecular weight excluding hydrogens is 424 g/mol. The molecule has 1 fully saturated rings. The molecule has 0 radical (unpaired) electrons. The summed E-state index contributed by atoms with van der Waals surface area (Å²) < 4.78 is 5.32. The molecule has 0 bridgehead atoms. The molecule has 2 aromatic heterocycles. The molecule has 6 nitrogen and oxygen atoms in total. The molecule has 1 aliphatic rings. The van der Waals surface area contributed by atoms with Crippen LogP contribution in [0.1, 0.15) is 22.0 Å². The Morgan fingerprint density at radius 1 is 1.27 bits per heavy atom. The van der Waals surface area contributed by atoms with Crippen molar-refractivity contribution in [2.24, 2.45) is 0 Å². The van der Waals surface area contributed by atoms with Crippen LogP contribution in [0.3, 0.4) is 0 Å². The summed E-state index contributed by atoms with van der Waals surface area (Å²) in [6.45, 7) is 0.241. The summed E-state index contributed by atoms with van der Waals surface area (Å²) in [6, 6.07) is 11.2. The van der Waals surface area contributed by atoms with Gasteiger partial charge in [0.15, 0.2) is 0 Å². The first-order valence-corrected chi connectivity index (χ1v) is 10.3. The van der Waals surface area contributed by atoms with Gasteiger partial charge in [0.1, 0.15) is 11.5 Å². The first-order valence-electron chi connectivity index (χ1n) is 9.06. The lowest BCUT2D eigenvalue weighted by molar-refractivity contribution is -0.140. The fourth-order valence-electron chi connectivity index (χ4n) is 3.51. The van der Waals surface area contributed by atoms with Gasteiger partial charge in [-0.05, 0) is 41.3 Å². The lowest BCUT2D eigenvalue weighted by Gasteiger charge is -2.24. The quantitative estimate of drug-likeness (QED) is 0.360. The number of ether oxygens (including phenoxy) is 1. The summed E-state index contributed by atoms with van der Waals surface area (Å²) in [4.78, 5) is 32.5. The molecule has 4 rings (SSSR count). The van der Waals surface area contributed by atoms with Crippen LogP contribution >= 0.6 is 22.9 Å². The summed E-state index contributed by atoms with van der Waals surface area (Å²) >= 11 is 7.59. The molecule has 1 unspecified atom stereocenters. The Bertz CT molecular complexity index is 1130. The van der Waals surface area contributed by atoms with Gasteiger partial charge < -0.3 is 14.7 Å². The molecule has 152 valence electrons. The molecule has 1 amide bonds. The number of rotatable bonds is 5. The van der Waals surface area contributed by atoms with Crippen LogP contribution in [-0.4, -0.2) is 33.8 Å². The van der Waals surface area contributed by atoms with E-state index in [4.69, 9.17) is 16.3 Å². The van der Waals surface area contributed by atoms with E-state index >= 15 is 0 Å². The van der Waals surface area contributed by atoms with E-state index in [1.165, 1.54) is 29.4 Å². The monoisotopic (exact) mass is 440 g/mol. The standard InChI is InChI=1S/C22H17ClN2O4S/c1-29-17-7-6-14(23)10-16(17)20(26)18-19(13-4-2-8-24-11-13)25(22(28)21(18)27)12-15-5-3-9-30-15/h2-11,19,26H,12H2,1H3/b20-18+. The van der Waals surface area contributed by atoms with Crippen molar-refractivity contribution in [3.8, 4) is 5.75 Å². The normalized spacial score (nSPS) is 18.1. The van der Waals surface area contributed by atoms with Gasteiger partial charge >= 0.3 is 0 Å². The number of carbonyl (C=O) groups excluding carboxylic acids is 2. The van der Waals surface area contributed by atoms with Crippen LogP contribution in [0.25, 0.3) is 5.76 Å². The predicted molar refractivity (Wildman–Crippen MR) is 114 cm³/mol. The number of carbonyl (C=O) groups is 2. The van der Waals surface area contributed by atoms with Crippen molar-refractivity contribution in [3.05, 3.63) is 86.8 Å². The smallest absolute Gasteiger partial charge is 0.295 e. The topological polar surface area (TPSA) is 79.7 Å². The van der Waals surface area contributed by atoms with Crippen molar-refractivity contribution >= 4 is 40.4 Å². The second-order valence-electron chi connectivity index (χ2n) is 6.64. The summed E-state index contributed by atoms with van der Waals surface area (Å²) in [5, 5.41) is 13.4. The van der Waals surface area contributed by atoms with E-state index in [0.29, 0.717) is 16.3 Å². The first-order chi connectivity index (χ1) is 14.5. The van der Waals surface area contributed by atoms with Gasteiger partial charge in [-0.1, -0.05) is 23.7 Å². The Morgan fingerprint density at radius 2 is 2.10 bits per heavy atom. The minimum atomic E-state index is -0.788. The molecule has 8 heteroatoms. The summed E-state index contributed by atoms with van der Waals surface area (Å²) in [7, 11) is 1.45. The van der Waals surface area contributed by atoms with Crippen molar-refractivity contribution in [3.63, 3.8) is 0 Å². The lowest BCUT2D eigenvalue weighted by Crippen LogP contribution is -2.28. The van der Waals surface area contributed by atoms with Crippen LogP contribution in [0, 0.1) is 0 Å². The fraction of sp³-hybridized carbons (Fsp3) is 0.136. The number of ketones is 1. The number of Topliss-reactive ketones (excluding diaryl/α,β-unsaturated/α-hetero) is 1. The van der Waals surface area contributed by atoms with Gasteiger partial charge in [0, 0.05) is 22.3 Å². The molecule has 30 heavy (non-hydrogen) atoms. The minimum absolute atomic E-state index is 0.0230. The zero-order chi connectivity index (χ0) is 21.3. The number of methoxy groups -OCH3 is 1. The number of pyridine rings is 1. The highest BCUT2D eigenvalue weighted by molar-refractivity contribution is 7.09. The SMILES string of the molecule is COc1ccc(Cl)cc1/C(O)=C1\C(=O)C(=O)N(Cc2cccs2)C1c1cccnc1. The van der Waals surface area contributed by atoms with Gasteiger partial charge in [0.25, 0.3) is 11.7 Å². The third kappa shape index (κ3) is 3.58. The van der Waals surface area contributed by atoms with Crippen molar-refractivity contribution in [2.45, 2.75) is 12.6 Å². The molecule has 3 heterocycles. The third-order valence-electron chi connectivity index (χ3n) is 4.86. The Morgan fingerprint density at radius 3 is 2.77 bits per heavy atom. The van der Waals surface area contributed by atoms with Gasteiger partial charge in [-0.15, -0.1) is 11.3 Å². The van der Waals surface area contributed by atoms with Crippen LogP contribution in [0.2, 0.25) is 5.02 Å². The molecule has 0 spiro atoms. The summed E-state index contributed by atoms with van der Waals surface area (Å²) in [5.41, 5.74) is 0.842. The van der Waals surface area contributed by atoms with E-state index in [2.05, 4.69) is 4.98 Å². The molecule has 1 atom stereocenters. The van der Waals surface area contributed by atoms with Crippen molar-refractivity contribution in [1.82, 2.24) is 9.88 Å². The van der Waals surface area contributed by atoms with Crippen molar-refractivity contribution in [1.29, 1.82) is 0 Å². The predicted octanol–water partition coefficient (Wildman–Crippen LogP) is 4.43. The number of likely N-dealkylation sites (tertiary alicyclic amines) is 1. The molecular formula is C22H17ClN2O4S. The van der Waals surface area contributed by atoms with Gasteiger partial charge in [0.2, 0.25) is 0 Å². The second-order valence-corrected chi connectivity index (χ2v) is 8.11. The van der Waals surface area contributed by atoms with Crippen LogP contribution in [-0.2, 0) is 16.1 Å². The maximum atomic E-state index is 13.0. The van der Waals surface area contributed by atoms with Crippen LogP contribution in [0.5, 0.6) is 5.75 Å². The lowest BCUT2D eigenvalue weighted by atomic mass is 9.96. The molecule has 1 N–H and O–H groups in total. The highest BCUT2D eigenvalue weighted by Gasteiger charge is 2.46. The van der Waals surface area contributed by atoms with Crippen LogP contribution in [0.15, 0.2) is 65.8 Å². The number of nitrogens with zero attached hydrogens (tertiary/aromatic N) is 2. The second kappa shape index (κ2) is 8.30. The number of aromatic nitrogens is 1. The summed E-state index contributed by atoms with van der Waals surface area (Å²) in [6.07, 6.45) is 3.19. The largest absolute Gasteiger partial charge is 0.507 e. The number of halogens is 1. The molecule has 0 aliphatic carbocycles. The zero-order valence-corrected chi connectivity index (χ0v) is 17.5. The molecule has 3 aromatic rings.